The number of nitrogens with two attached hydrogens (primary N) is 2. The van der Waals surface area contributed by atoms with E-state index >= 15 is 0 Å². The van der Waals surface area contributed by atoms with Gasteiger partial charge in [0.05, 0.1) is 0 Å². The molecule has 0 aliphatic heterocycles. The molecule has 0 fully saturated rings. The molecule has 0 atom stereocenters. The van der Waals surface area contributed by atoms with Crippen molar-refractivity contribution in [3.63, 3.8) is 0 Å². The Morgan fingerprint density at radius 1 is 0.760 bits per heavy atom. The van der Waals surface area contributed by atoms with Crippen LogP contribution in [0.15, 0.2) is 0 Å². The Morgan fingerprint density at radius 3 is 1.28 bits per heavy atom. The Kier molecular flexibility index (Phi) is 7.68. The van der Waals surface area contributed by atoms with E-state index < -0.39 is 0 Å². The fourth-order valence-electron chi connectivity index (χ4n) is 3.30. The summed E-state index contributed by atoms with van der Waals surface area (Å²) in [5.41, 5.74) is 10.3. The van der Waals surface area contributed by atoms with Crippen LogP contribution in [-0.4, -0.2) is 60.8 Å². The summed E-state index contributed by atoms with van der Waals surface area (Å²) < 4.78 is 0. The molecule has 0 amide bonds. The number of nitrogens with zero attached hydrogens (tertiary/aromatic N) is 2. The molecule has 10 heteroatoms. The molecule has 144 valence electrons. The molecule has 25 heavy (non-hydrogen) atoms. The van der Waals surface area contributed by atoms with Crippen molar-refractivity contribution < 1.29 is 0 Å². The SMILES string of the molecule is CN(CC(C)(C)CC(C)(C)CN(C)C(=N)NC(=N)N)C(=N)NC(=N)N. The van der Waals surface area contributed by atoms with Crippen LogP contribution in [0.3, 0.4) is 0 Å². The van der Waals surface area contributed by atoms with Gasteiger partial charge in [0, 0.05) is 27.2 Å². The van der Waals surface area contributed by atoms with Gasteiger partial charge >= 0.3 is 0 Å². The predicted molar refractivity (Wildman–Crippen MR) is 103 cm³/mol. The molecule has 0 aromatic carbocycles. The molecule has 0 saturated heterocycles. The maximum absolute atomic E-state index is 7.89. The molecule has 10 nitrogen and oxygen atoms in total. The van der Waals surface area contributed by atoms with Gasteiger partial charge < -0.3 is 21.3 Å². The van der Waals surface area contributed by atoms with E-state index in [1.54, 1.807) is 23.9 Å². The van der Waals surface area contributed by atoms with Crippen molar-refractivity contribution in [2.45, 2.75) is 34.1 Å². The molecular formula is C15H34N10. The van der Waals surface area contributed by atoms with Crippen molar-refractivity contribution >= 4 is 23.8 Å². The summed E-state index contributed by atoms with van der Waals surface area (Å²) in [6.07, 6.45) is 0.843. The molecule has 0 rings (SSSR count). The number of hydrogen-bond donors (Lipinski definition) is 8. The summed E-state index contributed by atoms with van der Waals surface area (Å²) in [7, 11) is 3.57. The monoisotopic (exact) mass is 354 g/mol. The average Bonchev–Trinajstić information content (AvgIpc) is 2.33. The minimum Gasteiger partial charge on any atom is -0.370 e. The van der Waals surface area contributed by atoms with Gasteiger partial charge in [-0.1, -0.05) is 27.7 Å². The van der Waals surface area contributed by atoms with Crippen molar-refractivity contribution in [2.75, 3.05) is 27.2 Å². The molecule has 10 N–H and O–H groups in total. The van der Waals surface area contributed by atoms with Crippen LogP contribution in [0.5, 0.6) is 0 Å². The van der Waals surface area contributed by atoms with Gasteiger partial charge in [0.25, 0.3) is 0 Å². The third kappa shape index (κ3) is 9.38. The van der Waals surface area contributed by atoms with Crippen molar-refractivity contribution in [1.29, 1.82) is 21.6 Å². The molecule has 0 bridgehead atoms. The Hall–Kier alpha value is -2.52. The zero-order valence-corrected chi connectivity index (χ0v) is 16.2. The van der Waals surface area contributed by atoms with E-state index in [0.29, 0.717) is 13.1 Å². The highest BCUT2D eigenvalue weighted by molar-refractivity contribution is 5.95. The van der Waals surface area contributed by atoms with Gasteiger partial charge in [-0.25, -0.2) is 0 Å². The first-order chi connectivity index (χ1) is 11.1. The van der Waals surface area contributed by atoms with Crippen molar-refractivity contribution in [3.8, 4) is 0 Å². The second kappa shape index (κ2) is 8.54. The van der Waals surface area contributed by atoms with Crippen molar-refractivity contribution in [1.82, 2.24) is 20.4 Å². The lowest BCUT2D eigenvalue weighted by Crippen LogP contribution is -2.49. The Labute approximate surface area is 150 Å². The predicted octanol–water partition coefficient (Wildman–Crippen LogP) is 0.128. The molecular weight excluding hydrogens is 320 g/mol. The van der Waals surface area contributed by atoms with Crippen LogP contribution in [0.1, 0.15) is 34.1 Å². The number of nitrogens with one attached hydrogen (secondary N) is 6. The fraction of sp³-hybridized carbons (Fsp3) is 0.733. The van der Waals surface area contributed by atoms with E-state index in [1.165, 1.54) is 0 Å². The van der Waals surface area contributed by atoms with E-state index in [9.17, 15) is 0 Å². The van der Waals surface area contributed by atoms with E-state index in [1.807, 2.05) is 0 Å². The molecule has 0 heterocycles. The summed E-state index contributed by atoms with van der Waals surface area (Å²) in [4.78, 5) is 3.45. The standard InChI is InChI=1S/C15H34N10/c1-14(2,8-24(5)12(20)22-10(16)17)7-15(3,4)9-25(6)13(21)23-11(18)19/h7-9H2,1-6H3,(H5,16,17,20,22)(H5,18,19,21,23). The first-order valence-corrected chi connectivity index (χ1v) is 7.97. The summed E-state index contributed by atoms with van der Waals surface area (Å²) >= 11 is 0. The topological polar surface area (TPSA) is 178 Å². The van der Waals surface area contributed by atoms with Crippen LogP contribution in [0.2, 0.25) is 0 Å². The van der Waals surface area contributed by atoms with Crippen LogP contribution in [0.25, 0.3) is 0 Å². The number of rotatable bonds is 6. The van der Waals surface area contributed by atoms with Gasteiger partial charge in [-0.2, -0.15) is 0 Å². The molecule has 0 radical (unpaired) electrons. The first kappa shape index (κ1) is 22.5. The molecule has 0 saturated carbocycles. The summed E-state index contributed by atoms with van der Waals surface area (Å²) in [6, 6.07) is 0. The lowest BCUT2D eigenvalue weighted by molar-refractivity contribution is 0.143. The Balaban J connectivity index is 4.78. The molecule has 0 aliphatic rings. The van der Waals surface area contributed by atoms with E-state index in [4.69, 9.17) is 33.1 Å². The Bertz CT molecular complexity index is 476. The average molecular weight is 355 g/mol. The third-order valence-electron chi connectivity index (χ3n) is 3.56. The van der Waals surface area contributed by atoms with Gasteiger partial charge in [-0.3, -0.25) is 32.3 Å². The van der Waals surface area contributed by atoms with E-state index in [-0.39, 0.29) is 34.7 Å². The second-order valence-corrected chi connectivity index (χ2v) is 7.99. The van der Waals surface area contributed by atoms with Gasteiger partial charge in [0.15, 0.2) is 23.8 Å². The highest BCUT2D eigenvalue weighted by Crippen LogP contribution is 2.34. The summed E-state index contributed by atoms with van der Waals surface area (Å²) in [5, 5.41) is 35.2. The summed E-state index contributed by atoms with van der Waals surface area (Å²) in [5.74, 6) is -0.341. The third-order valence-corrected chi connectivity index (χ3v) is 3.56. The van der Waals surface area contributed by atoms with Gasteiger partial charge in [-0.15, -0.1) is 0 Å². The van der Waals surface area contributed by atoms with E-state index in [0.717, 1.165) is 6.42 Å². The maximum atomic E-state index is 7.89. The molecule has 0 aromatic rings. The highest BCUT2D eigenvalue weighted by atomic mass is 15.3. The van der Waals surface area contributed by atoms with Crippen LogP contribution in [0.4, 0.5) is 0 Å². The minimum atomic E-state index is -0.256. The maximum Gasteiger partial charge on any atom is 0.197 e. The van der Waals surface area contributed by atoms with Crippen LogP contribution in [-0.2, 0) is 0 Å². The zero-order valence-electron chi connectivity index (χ0n) is 16.2. The molecule has 0 aromatic heterocycles. The normalized spacial score (nSPS) is 11.4. The first-order valence-electron chi connectivity index (χ1n) is 7.97. The van der Waals surface area contributed by atoms with Crippen molar-refractivity contribution in [2.24, 2.45) is 22.3 Å². The van der Waals surface area contributed by atoms with Gasteiger partial charge in [0.2, 0.25) is 0 Å². The lowest BCUT2D eigenvalue weighted by atomic mass is 9.74. The number of hydrogen-bond acceptors (Lipinski definition) is 4. The van der Waals surface area contributed by atoms with Gasteiger partial charge in [0.1, 0.15) is 0 Å². The van der Waals surface area contributed by atoms with Crippen LogP contribution < -0.4 is 22.1 Å². The zero-order chi connectivity index (χ0) is 20.0. The molecule has 0 spiro atoms. The largest absolute Gasteiger partial charge is 0.370 e. The molecule has 0 aliphatic carbocycles. The quantitative estimate of drug-likeness (QED) is 0.248. The Morgan fingerprint density at radius 2 is 1.04 bits per heavy atom. The van der Waals surface area contributed by atoms with Crippen LogP contribution >= 0.6 is 0 Å². The highest BCUT2D eigenvalue weighted by Gasteiger charge is 2.31. The number of guanidine groups is 4. The lowest BCUT2D eigenvalue weighted by Gasteiger charge is -2.40. The van der Waals surface area contributed by atoms with E-state index in [2.05, 4.69) is 38.3 Å². The smallest absolute Gasteiger partial charge is 0.197 e. The van der Waals surface area contributed by atoms with Crippen molar-refractivity contribution in [3.05, 3.63) is 0 Å². The van der Waals surface area contributed by atoms with Crippen LogP contribution in [0, 0.1) is 32.5 Å². The minimum absolute atomic E-state index is 0.0861. The molecule has 0 unspecified atom stereocenters. The van der Waals surface area contributed by atoms with Gasteiger partial charge in [-0.05, 0) is 17.3 Å². The second-order valence-electron chi connectivity index (χ2n) is 7.99. The fourth-order valence-corrected chi connectivity index (χ4v) is 3.30. The summed E-state index contributed by atoms with van der Waals surface area (Å²) in [6.45, 7) is 9.69.